The molecule has 0 bridgehead atoms. The molecule has 0 spiro atoms. The zero-order chi connectivity index (χ0) is 13.5. The van der Waals surface area contributed by atoms with E-state index in [9.17, 15) is 0 Å². The van der Waals surface area contributed by atoms with E-state index in [1.807, 2.05) is 0 Å². The third-order valence-corrected chi connectivity index (χ3v) is 6.71. The van der Waals surface area contributed by atoms with Gasteiger partial charge in [0, 0.05) is 0 Å². The fourth-order valence-electron chi connectivity index (χ4n) is 1.67. The van der Waals surface area contributed by atoms with E-state index < -0.39 is 0 Å². The van der Waals surface area contributed by atoms with Gasteiger partial charge in [0.05, 0.1) is 0 Å². The fraction of sp³-hybridized carbons (Fsp3) is 0.500. The van der Waals surface area contributed by atoms with Gasteiger partial charge < -0.3 is 0 Å². The van der Waals surface area contributed by atoms with Crippen molar-refractivity contribution >= 4 is 27.2 Å². The van der Waals surface area contributed by atoms with Crippen LogP contribution in [0.4, 0.5) is 0 Å². The summed E-state index contributed by atoms with van der Waals surface area (Å²) in [6.45, 7) is 20.4. The van der Waals surface area contributed by atoms with Gasteiger partial charge in [0.15, 0.2) is 0 Å². The summed E-state index contributed by atoms with van der Waals surface area (Å²) in [5.41, 5.74) is 4.88. The Hall–Kier alpha value is -0.0766. The first-order chi connectivity index (χ1) is 7.42. The molecule has 16 heavy (non-hydrogen) atoms. The van der Waals surface area contributed by atoms with E-state index in [4.69, 9.17) is 9.59 Å². The van der Waals surface area contributed by atoms with Crippen LogP contribution in [0.1, 0.15) is 34.6 Å². The normalized spacial score (nSPS) is 17.6. The van der Waals surface area contributed by atoms with Gasteiger partial charge in [0.25, 0.3) is 13.6 Å². The summed E-state index contributed by atoms with van der Waals surface area (Å²) in [6, 6.07) is 0. The number of hydrogen-bond acceptors (Lipinski definition) is 2. The first-order valence-corrected chi connectivity index (χ1v) is 9.31. The zero-order valence-corrected chi connectivity index (χ0v) is 13.4. The van der Waals surface area contributed by atoms with Crippen LogP contribution in [0.3, 0.4) is 0 Å². The van der Waals surface area contributed by atoms with Crippen LogP contribution in [0, 0.1) is 5.41 Å². The minimum atomic E-state index is 0.239. The van der Waals surface area contributed by atoms with Gasteiger partial charge in [-0.25, -0.2) is 0 Å². The molecule has 0 atom stereocenters. The Labute approximate surface area is 113 Å². The van der Waals surface area contributed by atoms with Crippen LogP contribution >= 0.6 is 13.6 Å². The van der Waals surface area contributed by atoms with Gasteiger partial charge in [-0.05, 0) is 0 Å². The Kier molecular flexibility index (Phi) is 9.24. The van der Waals surface area contributed by atoms with E-state index >= 15 is 0 Å². The van der Waals surface area contributed by atoms with Crippen LogP contribution in [0.5, 0.6) is 0 Å². The van der Waals surface area contributed by atoms with E-state index in [2.05, 4.69) is 61.8 Å². The molecule has 0 fully saturated rings. The zero-order valence-electron chi connectivity index (χ0n) is 10.0. The average Bonchev–Trinajstić information content (AvgIpc) is 2.45. The van der Waals surface area contributed by atoms with Gasteiger partial charge in [-0.15, -0.1) is 0 Å². The van der Waals surface area contributed by atoms with Crippen molar-refractivity contribution in [2.24, 2.45) is 5.41 Å². The molecule has 0 saturated carbocycles. The first-order valence-electron chi connectivity index (χ1n) is 4.47. The Morgan fingerprint density at radius 3 is 1.50 bits per heavy atom. The quantitative estimate of drug-likeness (QED) is 0.663. The fourth-order valence-corrected chi connectivity index (χ4v) is 6.30. The standard InChI is InChI=1S/C10H15.2CO.BrH.Ru/c1-7-6-10(4,5)9(3)8(7)2;2*1-2;;/h1-5H3;;;1H;/q;;;;+1/p-1. The Bertz CT molecular complexity index is 304. The largest absolute Gasteiger partial charge is 0.281 e. The number of rotatable bonds is 1. The van der Waals surface area contributed by atoms with Crippen LogP contribution in [0.2, 0.25) is 0 Å². The molecule has 4 heteroatoms. The van der Waals surface area contributed by atoms with Gasteiger partial charge in [0.2, 0.25) is 0 Å². The van der Waals surface area contributed by atoms with Gasteiger partial charge in [0.1, 0.15) is 0 Å². The summed E-state index contributed by atoms with van der Waals surface area (Å²) in [5.74, 6) is 0. The number of allylic oxidation sites excluding steroid dienone is 4. The molecule has 1 aliphatic carbocycles. The van der Waals surface area contributed by atoms with Crippen molar-refractivity contribution in [3.63, 3.8) is 0 Å². The molecule has 0 aromatic carbocycles. The minimum Gasteiger partial charge on any atom is -0.281 e. The van der Waals surface area contributed by atoms with Crippen molar-refractivity contribution in [3.05, 3.63) is 20.9 Å². The Morgan fingerprint density at radius 1 is 1.00 bits per heavy atom. The average molecular weight is 372 g/mol. The third kappa shape index (κ3) is 3.46. The second-order valence-corrected chi connectivity index (χ2v) is 6.72. The van der Waals surface area contributed by atoms with Crippen LogP contribution in [0.15, 0.2) is 20.9 Å². The predicted octanol–water partition coefficient (Wildman–Crippen LogP) is 3.23. The molecule has 2 nitrogen and oxygen atoms in total. The van der Waals surface area contributed by atoms with Gasteiger partial charge in [-0.3, -0.25) is 9.59 Å². The smallest absolute Gasteiger partial charge is 0.281 e. The van der Waals surface area contributed by atoms with Gasteiger partial charge in [-0.1, -0.05) is 0 Å². The number of hydrogen-bond donors (Lipinski definition) is 0. The summed E-state index contributed by atoms with van der Waals surface area (Å²) in [5, 5.41) is 0. The van der Waals surface area contributed by atoms with Crippen molar-refractivity contribution in [1.82, 2.24) is 0 Å². The second-order valence-electron chi connectivity index (χ2n) is 3.87. The van der Waals surface area contributed by atoms with Gasteiger partial charge in [-0.2, -0.15) is 0 Å². The van der Waals surface area contributed by atoms with Gasteiger partial charge >= 0.3 is 89.7 Å². The molecule has 0 heterocycles. The summed E-state index contributed by atoms with van der Waals surface area (Å²) >= 11 is 3.89. The first kappa shape index (κ1) is 18.3. The third-order valence-electron chi connectivity index (χ3n) is 2.98. The summed E-state index contributed by atoms with van der Waals surface area (Å²) in [6.07, 6.45) is 0. The van der Waals surface area contributed by atoms with E-state index in [-0.39, 0.29) is 15.2 Å². The number of halogens is 1. The maximum atomic E-state index is 7.50. The van der Waals surface area contributed by atoms with Crippen molar-refractivity contribution in [3.8, 4) is 0 Å². The molecule has 0 aliphatic heterocycles. The van der Waals surface area contributed by atoms with Crippen LogP contribution < -0.4 is 0 Å². The SMILES string of the molecule is CC1=C(C)C(C)(C)[C]([Ru][Br])=C1C.[C]=O.[C]=O. The molecule has 4 radical (unpaired) electrons. The molecule has 0 amide bonds. The minimum absolute atomic E-state index is 0.239. The second kappa shape index (κ2) is 8.08. The van der Waals surface area contributed by atoms with Crippen LogP contribution in [0.25, 0.3) is 0 Å². The summed E-state index contributed by atoms with van der Waals surface area (Å²) < 4.78 is 1.63. The molecule has 0 aromatic rings. The Morgan fingerprint density at radius 2 is 1.38 bits per heavy atom. The van der Waals surface area contributed by atoms with Crippen LogP contribution in [-0.2, 0) is 24.8 Å². The molecule has 90 valence electrons. The maximum Gasteiger partial charge on any atom is 0.281 e. The summed E-state index contributed by atoms with van der Waals surface area (Å²) in [7, 11) is 0. The Balaban J connectivity index is 0. The topological polar surface area (TPSA) is 34.1 Å². The van der Waals surface area contributed by atoms with Crippen molar-refractivity contribution in [2.75, 3.05) is 0 Å². The molecular formula is C12H15BrO2Ru. The van der Waals surface area contributed by atoms with Crippen molar-refractivity contribution in [2.45, 2.75) is 34.6 Å². The van der Waals surface area contributed by atoms with E-state index in [0.29, 0.717) is 5.41 Å². The molecule has 0 N–H and O–H groups in total. The van der Waals surface area contributed by atoms with Crippen LogP contribution in [-0.4, -0.2) is 13.6 Å². The predicted molar refractivity (Wildman–Crippen MR) is 65.2 cm³/mol. The molecule has 0 aromatic heterocycles. The molecular weight excluding hydrogens is 357 g/mol. The molecule has 1 rings (SSSR count). The van der Waals surface area contributed by atoms with E-state index in [0.717, 1.165) is 0 Å². The van der Waals surface area contributed by atoms with Crippen molar-refractivity contribution < 1.29 is 24.8 Å². The van der Waals surface area contributed by atoms with Crippen molar-refractivity contribution in [1.29, 1.82) is 0 Å². The number of carbonyl (C=O) groups excluding carboxylic acids is 2. The maximum absolute atomic E-state index is 7.50. The monoisotopic (exact) mass is 372 g/mol. The summed E-state index contributed by atoms with van der Waals surface area (Å²) in [4.78, 5) is 15.0. The van der Waals surface area contributed by atoms with E-state index in [1.165, 1.54) is 11.1 Å². The molecule has 1 aliphatic rings. The molecule has 0 saturated heterocycles. The molecule has 0 unspecified atom stereocenters. The van der Waals surface area contributed by atoms with E-state index in [1.54, 1.807) is 9.74 Å².